The van der Waals surface area contributed by atoms with E-state index in [2.05, 4.69) is 10.5 Å². The first-order valence-electron chi connectivity index (χ1n) is 10.3. The Morgan fingerprint density at radius 1 is 1.07 bits per heavy atom. The summed E-state index contributed by atoms with van der Waals surface area (Å²) >= 11 is 0. The van der Waals surface area contributed by atoms with Crippen molar-refractivity contribution in [2.45, 2.75) is 32.6 Å². The Morgan fingerprint density at radius 3 is 2.33 bits per heavy atom. The molecule has 0 bridgehead atoms. The Labute approximate surface area is 177 Å². The van der Waals surface area contributed by atoms with E-state index < -0.39 is 9.84 Å². The second-order valence-electron chi connectivity index (χ2n) is 8.91. The molecule has 3 heterocycles. The normalized spacial score (nSPS) is 20.6. The SMILES string of the molecule is CC(C)(C)c1cc(NC(=O)N2CCCN(C(=O)CN3CCS(=O)(=O)CC3)CC2)on1. The van der Waals surface area contributed by atoms with Gasteiger partial charge in [0.1, 0.15) is 0 Å². The van der Waals surface area contributed by atoms with Crippen molar-refractivity contribution in [1.82, 2.24) is 19.9 Å². The van der Waals surface area contributed by atoms with Gasteiger partial charge in [0.15, 0.2) is 9.84 Å². The third kappa shape index (κ3) is 5.94. The van der Waals surface area contributed by atoms with Gasteiger partial charge in [-0.15, -0.1) is 0 Å². The van der Waals surface area contributed by atoms with Crippen LogP contribution in [0, 0.1) is 0 Å². The zero-order valence-corrected chi connectivity index (χ0v) is 18.7. The number of carbonyl (C=O) groups is 2. The largest absolute Gasteiger partial charge is 0.340 e. The number of anilines is 1. The van der Waals surface area contributed by atoms with E-state index >= 15 is 0 Å². The van der Waals surface area contributed by atoms with Gasteiger partial charge in [0.25, 0.3) is 0 Å². The maximum Gasteiger partial charge on any atom is 0.324 e. The Hall–Kier alpha value is -2.14. The third-order valence-corrected chi connectivity index (χ3v) is 7.05. The highest BCUT2D eigenvalue weighted by molar-refractivity contribution is 7.91. The first-order chi connectivity index (χ1) is 14.0. The van der Waals surface area contributed by atoms with E-state index in [0.29, 0.717) is 51.6 Å². The van der Waals surface area contributed by atoms with Gasteiger partial charge in [-0.3, -0.25) is 15.0 Å². The summed E-state index contributed by atoms with van der Waals surface area (Å²) in [5.41, 5.74) is 0.588. The molecule has 2 aliphatic heterocycles. The monoisotopic (exact) mass is 441 g/mol. The number of amides is 3. The molecular weight excluding hydrogens is 410 g/mol. The maximum absolute atomic E-state index is 12.6. The molecule has 0 atom stereocenters. The number of hydrogen-bond acceptors (Lipinski definition) is 7. The standard InChI is InChI=1S/C19H31N5O5S/c1-19(2,3)15-13-16(29-21-15)20-18(26)24-6-4-5-23(7-8-24)17(25)14-22-9-11-30(27,28)12-10-22/h13H,4-12,14H2,1-3H3,(H,20,26). The molecule has 0 aromatic carbocycles. The summed E-state index contributed by atoms with van der Waals surface area (Å²) in [5, 5.41) is 6.74. The van der Waals surface area contributed by atoms with E-state index in [9.17, 15) is 18.0 Å². The van der Waals surface area contributed by atoms with Gasteiger partial charge >= 0.3 is 6.03 Å². The van der Waals surface area contributed by atoms with Crippen LogP contribution in [0.2, 0.25) is 0 Å². The topological polar surface area (TPSA) is 116 Å². The highest BCUT2D eigenvalue weighted by Gasteiger charge is 2.27. The summed E-state index contributed by atoms with van der Waals surface area (Å²) in [7, 11) is -2.96. The van der Waals surface area contributed by atoms with Gasteiger partial charge in [-0.1, -0.05) is 25.9 Å². The molecule has 2 fully saturated rings. The van der Waals surface area contributed by atoms with E-state index in [0.717, 1.165) is 5.69 Å². The number of nitrogens with one attached hydrogen (secondary N) is 1. The molecule has 0 radical (unpaired) electrons. The lowest BCUT2D eigenvalue weighted by atomic mass is 9.92. The van der Waals surface area contributed by atoms with Crippen molar-refractivity contribution >= 4 is 27.7 Å². The van der Waals surface area contributed by atoms with Gasteiger partial charge < -0.3 is 14.3 Å². The maximum atomic E-state index is 12.6. The molecule has 1 N–H and O–H groups in total. The molecule has 0 saturated carbocycles. The van der Waals surface area contributed by atoms with Gasteiger partial charge in [-0.2, -0.15) is 0 Å². The lowest BCUT2D eigenvalue weighted by molar-refractivity contribution is -0.132. The summed E-state index contributed by atoms with van der Waals surface area (Å²) in [5.74, 6) is 0.489. The molecule has 0 unspecified atom stereocenters. The fourth-order valence-corrected chi connectivity index (χ4v) is 4.72. The average Bonchev–Trinajstić information content (AvgIpc) is 2.99. The van der Waals surface area contributed by atoms with Gasteiger partial charge in [-0.25, -0.2) is 13.2 Å². The van der Waals surface area contributed by atoms with Crippen molar-refractivity contribution in [2.24, 2.45) is 0 Å². The van der Waals surface area contributed by atoms with Crippen molar-refractivity contribution < 1.29 is 22.5 Å². The summed E-state index contributed by atoms with van der Waals surface area (Å²) in [4.78, 5) is 30.5. The Kier molecular flexibility index (Phi) is 6.71. The summed E-state index contributed by atoms with van der Waals surface area (Å²) < 4.78 is 28.3. The fraction of sp³-hybridized carbons (Fsp3) is 0.737. The predicted molar refractivity (Wildman–Crippen MR) is 112 cm³/mol. The molecule has 3 rings (SSSR count). The predicted octanol–water partition coefficient (Wildman–Crippen LogP) is 0.769. The van der Waals surface area contributed by atoms with Crippen molar-refractivity contribution in [3.8, 4) is 0 Å². The fourth-order valence-electron chi connectivity index (χ4n) is 3.44. The number of urea groups is 1. The molecule has 2 aliphatic rings. The van der Waals surface area contributed by atoms with Gasteiger partial charge in [-0.05, 0) is 6.42 Å². The molecule has 168 valence electrons. The molecule has 3 amide bonds. The van der Waals surface area contributed by atoms with Crippen LogP contribution >= 0.6 is 0 Å². The quantitative estimate of drug-likeness (QED) is 0.736. The molecular formula is C19H31N5O5S. The number of hydrogen-bond donors (Lipinski definition) is 1. The lowest BCUT2D eigenvalue weighted by Crippen LogP contribution is -2.47. The van der Waals surface area contributed by atoms with Crippen LogP contribution in [0.25, 0.3) is 0 Å². The second-order valence-corrected chi connectivity index (χ2v) is 11.2. The Balaban J connectivity index is 1.48. The van der Waals surface area contributed by atoms with Crippen molar-refractivity contribution in [3.63, 3.8) is 0 Å². The van der Waals surface area contributed by atoms with E-state index in [1.165, 1.54) is 0 Å². The highest BCUT2D eigenvalue weighted by Crippen LogP contribution is 2.23. The zero-order chi connectivity index (χ0) is 21.9. The van der Waals surface area contributed by atoms with Crippen LogP contribution in [-0.2, 0) is 20.0 Å². The molecule has 30 heavy (non-hydrogen) atoms. The molecule has 1 aromatic heterocycles. The van der Waals surface area contributed by atoms with Crippen LogP contribution < -0.4 is 5.32 Å². The highest BCUT2D eigenvalue weighted by atomic mass is 32.2. The molecule has 11 heteroatoms. The first kappa shape index (κ1) is 22.5. The van der Waals surface area contributed by atoms with Crippen LogP contribution in [0.3, 0.4) is 0 Å². The van der Waals surface area contributed by atoms with Crippen LogP contribution in [0.1, 0.15) is 32.9 Å². The average molecular weight is 442 g/mol. The van der Waals surface area contributed by atoms with Gasteiger partial charge in [0, 0.05) is 50.7 Å². The Bertz CT molecular complexity index is 862. The molecule has 1 aromatic rings. The number of rotatable bonds is 3. The van der Waals surface area contributed by atoms with E-state index in [1.807, 2.05) is 25.7 Å². The van der Waals surface area contributed by atoms with Crippen LogP contribution in [0.5, 0.6) is 0 Å². The van der Waals surface area contributed by atoms with Gasteiger partial charge in [0.05, 0.1) is 23.7 Å². The third-order valence-electron chi connectivity index (χ3n) is 5.44. The minimum absolute atomic E-state index is 0.0263. The second kappa shape index (κ2) is 8.93. The minimum atomic E-state index is -2.96. The van der Waals surface area contributed by atoms with Gasteiger partial charge in [0.2, 0.25) is 11.8 Å². The molecule has 10 nitrogen and oxygen atoms in total. The molecule has 0 aliphatic carbocycles. The summed E-state index contributed by atoms with van der Waals surface area (Å²) in [6, 6.07) is 1.45. The summed E-state index contributed by atoms with van der Waals surface area (Å²) in [6.07, 6.45) is 0.678. The van der Waals surface area contributed by atoms with E-state index in [4.69, 9.17) is 4.52 Å². The van der Waals surface area contributed by atoms with Crippen molar-refractivity contribution in [2.75, 3.05) is 62.6 Å². The molecule has 2 saturated heterocycles. The van der Waals surface area contributed by atoms with Crippen molar-refractivity contribution in [3.05, 3.63) is 11.8 Å². The van der Waals surface area contributed by atoms with Crippen molar-refractivity contribution in [1.29, 1.82) is 0 Å². The number of sulfone groups is 1. The van der Waals surface area contributed by atoms with Crippen LogP contribution in [0.15, 0.2) is 10.6 Å². The van der Waals surface area contributed by atoms with E-state index in [-0.39, 0.29) is 35.4 Å². The first-order valence-corrected chi connectivity index (χ1v) is 12.1. The smallest absolute Gasteiger partial charge is 0.324 e. The number of aromatic nitrogens is 1. The zero-order valence-electron chi connectivity index (χ0n) is 17.9. The number of nitrogens with zero attached hydrogens (tertiary/aromatic N) is 4. The van der Waals surface area contributed by atoms with Crippen LogP contribution in [-0.4, -0.2) is 97.5 Å². The minimum Gasteiger partial charge on any atom is -0.340 e. The molecule has 0 spiro atoms. The number of carbonyl (C=O) groups excluding carboxylic acids is 2. The Morgan fingerprint density at radius 2 is 1.70 bits per heavy atom. The summed E-state index contributed by atoms with van der Waals surface area (Å²) in [6.45, 7) is 9.03. The van der Waals surface area contributed by atoms with Crippen LogP contribution in [0.4, 0.5) is 10.7 Å². The van der Waals surface area contributed by atoms with E-state index in [1.54, 1.807) is 15.9 Å². The lowest BCUT2D eigenvalue weighted by Gasteiger charge is -2.29.